The highest BCUT2D eigenvalue weighted by atomic mass is 15.3. The minimum Gasteiger partial charge on any atom is -0.311 e. The Bertz CT molecular complexity index is 434. The predicted octanol–water partition coefficient (Wildman–Crippen LogP) is 3.54. The van der Waals surface area contributed by atoms with Crippen LogP contribution >= 0.6 is 0 Å². The molecule has 1 aliphatic carbocycles. The molecule has 1 aromatic rings. The summed E-state index contributed by atoms with van der Waals surface area (Å²) in [6.07, 6.45) is 10.5. The third kappa shape index (κ3) is 2.76. The summed E-state index contributed by atoms with van der Waals surface area (Å²) in [6.45, 7) is 5.55. The van der Waals surface area contributed by atoms with Crippen molar-refractivity contribution in [3.63, 3.8) is 0 Å². The first-order chi connectivity index (χ1) is 9.79. The molecule has 0 radical (unpaired) electrons. The lowest BCUT2D eigenvalue weighted by Gasteiger charge is -2.32. The first-order valence-electron chi connectivity index (χ1n) is 8.44. The normalized spacial score (nSPS) is 28.7. The van der Waals surface area contributed by atoms with Gasteiger partial charge in [0.1, 0.15) is 11.6 Å². The van der Waals surface area contributed by atoms with Gasteiger partial charge in [-0.1, -0.05) is 32.6 Å². The fourth-order valence-corrected chi connectivity index (χ4v) is 3.98. The van der Waals surface area contributed by atoms with Crippen LogP contribution in [0.4, 0.5) is 0 Å². The average molecular weight is 276 g/mol. The van der Waals surface area contributed by atoms with Gasteiger partial charge in [0.2, 0.25) is 0 Å². The smallest absolute Gasteiger partial charge is 0.150 e. The van der Waals surface area contributed by atoms with Crippen LogP contribution in [0.5, 0.6) is 0 Å². The number of piperidine rings is 1. The van der Waals surface area contributed by atoms with Crippen LogP contribution in [0.15, 0.2) is 0 Å². The van der Waals surface area contributed by atoms with E-state index in [4.69, 9.17) is 0 Å². The second-order valence-corrected chi connectivity index (χ2v) is 6.57. The topological polar surface area (TPSA) is 42.7 Å². The van der Waals surface area contributed by atoms with Crippen LogP contribution in [-0.2, 0) is 0 Å². The standard InChI is InChI=1S/C16H28N4/c1-3-13-9-10-17-15(11-13)16-19-18-12(2)20(16)14-7-5-4-6-8-14/h13-15,17H,3-11H2,1-2H3. The molecule has 2 aliphatic rings. The van der Waals surface area contributed by atoms with Crippen LogP contribution in [0.2, 0.25) is 0 Å². The van der Waals surface area contributed by atoms with Crippen LogP contribution in [0.1, 0.15) is 82.0 Å². The van der Waals surface area contributed by atoms with E-state index in [2.05, 4.69) is 33.9 Å². The summed E-state index contributed by atoms with van der Waals surface area (Å²) in [5.41, 5.74) is 0. The molecule has 112 valence electrons. The Morgan fingerprint density at radius 3 is 2.70 bits per heavy atom. The Hall–Kier alpha value is -0.900. The molecule has 20 heavy (non-hydrogen) atoms. The van der Waals surface area contributed by atoms with Crippen LogP contribution in [0.25, 0.3) is 0 Å². The number of hydrogen-bond acceptors (Lipinski definition) is 3. The van der Waals surface area contributed by atoms with Gasteiger partial charge in [-0.15, -0.1) is 10.2 Å². The molecular weight excluding hydrogens is 248 g/mol. The molecule has 4 nitrogen and oxygen atoms in total. The number of hydrogen-bond donors (Lipinski definition) is 1. The van der Waals surface area contributed by atoms with E-state index >= 15 is 0 Å². The number of nitrogens with one attached hydrogen (secondary N) is 1. The summed E-state index contributed by atoms with van der Waals surface area (Å²) in [4.78, 5) is 0. The van der Waals surface area contributed by atoms with Gasteiger partial charge in [-0.3, -0.25) is 0 Å². The van der Waals surface area contributed by atoms with Gasteiger partial charge in [0, 0.05) is 6.04 Å². The SMILES string of the molecule is CCC1CCNC(c2nnc(C)n2C2CCCCC2)C1. The van der Waals surface area contributed by atoms with Crippen molar-refractivity contribution in [3.05, 3.63) is 11.6 Å². The second-order valence-electron chi connectivity index (χ2n) is 6.57. The zero-order valence-corrected chi connectivity index (χ0v) is 12.9. The minimum absolute atomic E-state index is 0.414. The molecule has 3 rings (SSSR count). The number of rotatable bonds is 3. The molecule has 2 heterocycles. The minimum atomic E-state index is 0.414. The van der Waals surface area contributed by atoms with Gasteiger partial charge in [0.25, 0.3) is 0 Å². The highest BCUT2D eigenvalue weighted by Crippen LogP contribution is 2.34. The molecule has 0 spiro atoms. The molecule has 0 aromatic carbocycles. The van der Waals surface area contributed by atoms with Crippen molar-refractivity contribution < 1.29 is 0 Å². The molecule has 0 bridgehead atoms. The van der Waals surface area contributed by atoms with E-state index in [-0.39, 0.29) is 0 Å². The zero-order chi connectivity index (χ0) is 13.9. The van der Waals surface area contributed by atoms with Crippen molar-refractivity contribution in [2.24, 2.45) is 5.92 Å². The van der Waals surface area contributed by atoms with Gasteiger partial charge in [-0.25, -0.2) is 0 Å². The molecule has 4 heteroatoms. The monoisotopic (exact) mass is 276 g/mol. The van der Waals surface area contributed by atoms with Crippen molar-refractivity contribution in [1.29, 1.82) is 0 Å². The largest absolute Gasteiger partial charge is 0.311 e. The predicted molar refractivity (Wildman–Crippen MR) is 80.6 cm³/mol. The molecule has 1 N–H and O–H groups in total. The van der Waals surface area contributed by atoms with E-state index in [0.717, 1.165) is 18.3 Å². The van der Waals surface area contributed by atoms with Gasteiger partial charge in [-0.2, -0.15) is 0 Å². The third-order valence-corrected chi connectivity index (χ3v) is 5.23. The summed E-state index contributed by atoms with van der Waals surface area (Å²) in [7, 11) is 0. The lowest BCUT2D eigenvalue weighted by atomic mass is 9.89. The first-order valence-corrected chi connectivity index (χ1v) is 8.44. The second kappa shape index (κ2) is 6.25. The van der Waals surface area contributed by atoms with Crippen molar-refractivity contribution in [2.75, 3.05) is 6.54 Å². The van der Waals surface area contributed by atoms with Gasteiger partial charge in [0.15, 0.2) is 0 Å². The van der Waals surface area contributed by atoms with Crippen molar-refractivity contribution in [1.82, 2.24) is 20.1 Å². The van der Waals surface area contributed by atoms with Crippen molar-refractivity contribution >= 4 is 0 Å². The highest BCUT2D eigenvalue weighted by Gasteiger charge is 2.29. The quantitative estimate of drug-likeness (QED) is 0.918. The van der Waals surface area contributed by atoms with Gasteiger partial charge in [-0.05, 0) is 45.1 Å². The van der Waals surface area contributed by atoms with Gasteiger partial charge < -0.3 is 9.88 Å². The maximum absolute atomic E-state index is 4.53. The Kier molecular flexibility index (Phi) is 4.39. The summed E-state index contributed by atoms with van der Waals surface area (Å²) in [5.74, 6) is 3.15. The molecule has 1 aliphatic heterocycles. The molecule has 1 saturated carbocycles. The number of aryl methyl sites for hydroxylation is 1. The molecule has 1 saturated heterocycles. The van der Waals surface area contributed by atoms with E-state index < -0.39 is 0 Å². The van der Waals surface area contributed by atoms with Crippen LogP contribution in [-0.4, -0.2) is 21.3 Å². The summed E-state index contributed by atoms with van der Waals surface area (Å²) < 4.78 is 2.45. The first kappa shape index (κ1) is 14.1. The highest BCUT2D eigenvalue weighted by molar-refractivity contribution is 5.05. The van der Waals surface area contributed by atoms with Crippen LogP contribution < -0.4 is 5.32 Å². The molecule has 0 amide bonds. The number of aromatic nitrogens is 3. The lowest BCUT2D eigenvalue weighted by molar-refractivity contribution is 0.270. The summed E-state index contributed by atoms with van der Waals surface area (Å²) in [6, 6.07) is 1.05. The van der Waals surface area contributed by atoms with Crippen LogP contribution in [0, 0.1) is 12.8 Å². The average Bonchev–Trinajstić information content (AvgIpc) is 2.90. The Morgan fingerprint density at radius 2 is 1.95 bits per heavy atom. The zero-order valence-electron chi connectivity index (χ0n) is 12.9. The molecule has 1 aromatic heterocycles. The maximum atomic E-state index is 4.53. The van der Waals surface area contributed by atoms with Crippen LogP contribution in [0.3, 0.4) is 0 Å². The van der Waals surface area contributed by atoms with Crippen molar-refractivity contribution in [3.8, 4) is 0 Å². The fraction of sp³-hybridized carbons (Fsp3) is 0.875. The molecule has 2 atom stereocenters. The Balaban J connectivity index is 1.82. The molecule has 2 fully saturated rings. The number of nitrogens with zero attached hydrogens (tertiary/aromatic N) is 3. The Morgan fingerprint density at radius 1 is 1.15 bits per heavy atom. The van der Waals surface area contributed by atoms with E-state index in [9.17, 15) is 0 Å². The van der Waals surface area contributed by atoms with E-state index in [1.807, 2.05) is 0 Å². The van der Waals surface area contributed by atoms with Gasteiger partial charge in [0.05, 0.1) is 6.04 Å². The molecular formula is C16H28N4. The van der Waals surface area contributed by atoms with E-state index in [1.165, 1.54) is 57.2 Å². The summed E-state index contributed by atoms with van der Waals surface area (Å²) >= 11 is 0. The fourth-order valence-electron chi connectivity index (χ4n) is 3.98. The van der Waals surface area contributed by atoms with Gasteiger partial charge >= 0.3 is 0 Å². The maximum Gasteiger partial charge on any atom is 0.150 e. The van der Waals surface area contributed by atoms with E-state index in [1.54, 1.807) is 0 Å². The molecule has 2 unspecified atom stereocenters. The summed E-state index contributed by atoms with van der Waals surface area (Å²) in [5, 5.41) is 12.6. The van der Waals surface area contributed by atoms with Crippen molar-refractivity contribution in [2.45, 2.75) is 77.3 Å². The lowest BCUT2D eigenvalue weighted by Crippen LogP contribution is -2.34. The van der Waals surface area contributed by atoms with E-state index in [0.29, 0.717) is 12.1 Å². The Labute approximate surface area is 122 Å². The third-order valence-electron chi connectivity index (χ3n) is 5.23.